The van der Waals surface area contributed by atoms with Crippen molar-refractivity contribution in [3.63, 3.8) is 0 Å². The van der Waals surface area contributed by atoms with E-state index in [9.17, 15) is 9.59 Å². The summed E-state index contributed by atoms with van der Waals surface area (Å²) in [6.07, 6.45) is 1.99. The van der Waals surface area contributed by atoms with E-state index in [4.69, 9.17) is 10.5 Å². The zero-order valence-electron chi connectivity index (χ0n) is 12.0. The summed E-state index contributed by atoms with van der Waals surface area (Å²) in [6.45, 7) is 9.38. The third-order valence-electron chi connectivity index (χ3n) is 2.21. The maximum Gasteiger partial charge on any atom is 0.320 e. The Labute approximate surface area is 110 Å². The van der Waals surface area contributed by atoms with Gasteiger partial charge in [0.2, 0.25) is 5.91 Å². The Morgan fingerprint density at radius 1 is 1.22 bits per heavy atom. The number of carbonyl (C=O) groups excluding carboxylic acids is 2. The van der Waals surface area contributed by atoms with E-state index in [0.717, 1.165) is 13.0 Å². The molecular weight excluding hydrogens is 232 g/mol. The number of ether oxygens (including phenoxy) is 1. The van der Waals surface area contributed by atoms with Crippen LogP contribution < -0.4 is 5.73 Å². The van der Waals surface area contributed by atoms with Crippen LogP contribution in [0.15, 0.2) is 0 Å². The highest BCUT2D eigenvalue weighted by atomic mass is 16.6. The van der Waals surface area contributed by atoms with Crippen LogP contribution >= 0.6 is 0 Å². The third kappa shape index (κ3) is 10.1. The predicted octanol–water partition coefficient (Wildman–Crippen LogP) is 1.31. The smallest absolute Gasteiger partial charge is 0.320 e. The van der Waals surface area contributed by atoms with Crippen LogP contribution in [0.4, 0.5) is 0 Å². The third-order valence-corrected chi connectivity index (χ3v) is 2.21. The van der Waals surface area contributed by atoms with Crippen molar-refractivity contribution in [1.82, 2.24) is 4.90 Å². The van der Waals surface area contributed by atoms with Crippen LogP contribution in [-0.2, 0) is 14.3 Å². The van der Waals surface area contributed by atoms with Gasteiger partial charge in [0.1, 0.15) is 5.60 Å². The Kier molecular flexibility index (Phi) is 7.59. The molecule has 5 heteroatoms. The van der Waals surface area contributed by atoms with Crippen molar-refractivity contribution in [2.75, 3.05) is 19.6 Å². The molecule has 0 atom stereocenters. The van der Waals surface area contributed by atoms with Crippen molar-refractivity contribution in [1.29, 1.82) is 0 Å². The fourth-order valence-electron chi connectivity index (χ4n) is 1.62. The van der Waals surface area contributed by atoms with Gasteiger partial charge in [0.15, 0.2) is 0 Å². The average Bonchev–Trinajstić information content (AvgIpc) is 2.13. The van der Waals surface area contributed by atoms with Crippen molar-refractivity contribution in [2.45, 2.75) is 52.6 Å². The van der Waals surface area contributed by atoms with E-state index in [1.54, 1.807) is 0 Å². The minimum absolute atomic E-state index is 0.227. The first-order chi connectivity index (χ1) is 8.24. The van der Waals surface area contributed by atoms with E-state index in [1.165, 1.54) is 0 Å². The molecular formula is C13H26N2O3. The summed E-state index contributed by atoms with van der Waals surface area (Å²) in [4.78, 5) is 24.3. The molecule has 0 rings (SSSR count). The molecule has 106 valence electrons. The van der Waals surface area contributed by atoms with Gasteiger partial charge in [-0.1, -0.05) is 6.92 Å². The highest BCUT2D eigenvalue weighted by molar-refractivity contribution is 5.73. The van der Waals surface area contributed by atoms with Gasteiger partial charge >= 0.3 is 5.97 Å². The molecule has 0 aromatic carbocycles. The molecule has 0 aliphatic carbocycles. The van der Waals surface area contributed by atoms with Crippen LogP contribution in [0.25, 0.3) is 0 Å². The van der Waals surface area contributed by atoms with E-state index in [2.05, 4.69) is 6.92 Å². The lowest BCUT2D eigenvalue weighted by Crippen LogP contribution is -2.36. The first-order valence-electron chi connectivity index (χ1n) is 6.47. The van der Waals surface area contributed by atoms with Crippen molar-refractivity contribution in [3.8, 4) is 0 Å². The number of amides is 1. The van der Waals surface area contributed by atoms with Crippen molar-refractivity contribution in [3.05, 3.63) is 0 Å². The first kappa shape index (κ1) is 16.9. The Bertz CT molecular complexity index is 272. The Balaban J connectivity index is 4.09. The topological polar surface area (TPSA) is 72.6 Å². The normalized spacial score (nSPS) is 11.6. The standard InChI is InChI=1S/C13H26N2O3/c1-5-8-15(9-6-7-11(14)16)10-12(17)18-13(2,3)4/h5-10H2,1-4H3,(H2,14,16). The van der Waals surface area contributed by atoms with Gasteiger partial charge in [0.25, 0.3) is 0 Å². The Hall–Kier alpha value is -1.10. The van der Waals surface area contributed by atoms with Crippen molar-refractivity contribution >= 4 is 11.9 Å². The second-order valence-corrected chi connectivity index (χ2v) is 5.43. The number of esters is 1. The van der Waals surface area contributed by atoms with Crippen LogP contribution in [0.1, 0.15) is 47.0 Å². The van der Waals surface area contributed by atoms with E-state index in [0.29, 0.717) is 19.4 Å². The molecule has 1 amide bonds. The summed E-state index contributed by atoms with van der Waals surface area (Å²) in [5, 5.41) is 0. The second-order valence-electron chi connectivity index (χ2n) is 5.43. The van der Waals surface area contributed by atoms with Crippen LogP contribution in [-0.4, -0.2) is 42.0 Å². The van der Waals surface area contributed by atoms with Crippen molar-refractivity contribution < 1.29 is 14.3 Å². The van der Waals surface area contributed by atoms with Gasteiger partial charge in [0, 0.05) is 6.42 Å². The lowest BCUT2D eigenvalue weighted by atomic mass is 10.2. The largest absolute Gasteiger partial charge is 0.459 e. The molecule has 0 aromatic rings. The maximum atomic E-state index is 11.7. The quantitative estimate of drug-likeness (QED) is 0.666. The van der Waals surface area contributed by atoms with Crippen molar-refractivity contribution in [2.24, 2.45) is 5.73 Å². The maximum absolute atomic E-state index is 11.7. The molecule has 0 bridgehead atoms. The molecule has 18 heavy (non-hydrogen) atoms. The van der Waals surface area contributed by atoms with Gasteiger partial charge in [-0.05, 0) is 46.7 Å². The minimum atomic E-state index is -0.456. The van der Waals surface area contributed by atoms with Gasteiger partial charge in [0.05, 0.1) is 6.54 Å². The van der Waals surface area contributed by atoms with Crippen LogP contribution in [0.3, 0.4) is 0 Å². The summed E-state index contributed by atoms with van der Waals surface area (Å²) in [5.74, 6) is -0.529. The van der Waals surface area contributed by atoms with Gasteiger partial charge in [-0.25, -0.2) is 0 Å². The van der Waals surface area contributed by atoms with E-state index >= 15 is 0 Å². The lowest BCUT2D eigenvalue weighted by molar-refractivity contribution is -0.156. The molecule has 0 saturated carbocycles. The highest BCUT2D eigenvalue weighted by Crippen LogP contribution is 2.08. The van der Waals surface area contributed by atoms with Gasteiger partial charge < -0.3 is 10.5 Å². The monoisotopic (exact) mass is 258 g/mol. The van der Waals surface area contributed by atoms with E-state index in [1.807, 2.05) is 25.7 Å². The van der Waals surface area contributed by atoms with E-state index in [-0.39, 0.29) is 18.4 Å². The number of carbonyl (C=O) groups is 2. The Morgan fingerprint density at radius 3 is 2.28 bits per heavy atom. The molecule has 0 unspecified atom stereocenters. The fourth-order valence-corrected chi connectivity index (χ4v) is 1.62. The first-order valence-corrected chi connectivity index (χ1v) is 6.47. The number of hydrogen-bond donors (Lipinski definition) is 1. The fraction of sp³-hybridized carbons (Fsp3) is 0.846. The average molecular weight is 258 g/mol. The number of nitrogens with two attached hydrogens (primary N) is 1. The molecule has 0 aromatic heterocycles. The van der Waals surface area contributed by atoms with Gasteiger partial charge in [-0.3, -0.25) is 14.5 Å². The summed E-state index contributed by atoms with van der Waals surface area (Å²) in [5.41, 5.74) is 4.63. The second kappa shape index (κ2) is 8.08. The van der Waals surface area contributed by atoms with Crippen LogP contribution in [0, 0.1) is 0 Å². The van der Waals surface area contributed by atoms with Gasteiger partial charge in [-0.2, -0.15) is 0 Å². The molecule has 0 aliphatic rings. The molecule has 0 heterocycles. The lowest BCUT2D eigenvalue weighted by Gasteiger charge is -2.24. The summed E-state index contributed by atoms with van der Waals surface area (Å²) in [6, 6.07) is 0. The number of hydrogen-bond acceptors (Lipinski definition) is 4. The van der Waals surface area contributed by atoms with Crippen LogP contribution in [0.5, 0.6) is 0 Å². The molecule has 5 nitrogen and oxygen atoms in total. The molecule has 0 saturated heterocycles. The molecule has 2 N–H and O–H groups in total. The SMILES string of the molecule is CCCN(CCCC(N)=O)CC(=O)OC(C)(C)C. The molecule has 0 aliphatic heterocycles. The highest BCUT2D eigenvalue weighted by Gasteiger charge is 2.18. The molecule has 0 spiro atoms. The number of nitrogens with zero attached hydrogens (tertiary/aromatic N) is 1. The van der Waals surface area contributed by atoms with Crippen LogP contribution in [0.2, 0.25) is 0 Å². The van der Waals surface area contributed by atoms with Gasteiger partial charge in [-0.15, -0.1) is 0 Å². The Morgan fingerprint density at radius 2 is 1.83 bits per heavy atom. The predicted molar refractivity (Wildman–Crippen MR) is 71.0 cm³/mol. The molecule has 0 fully saturated rings. The summed E-state index contributed by atoms with van der Waals surface area (Å²) < 4.78 is 5.27. The number of rotatable bonds is 8. The summed E-state index contributed by atoms with van der Waals surface area (Å²) in [7, 11) is 0. The zero-order valence-corrected chi connectivity index (χ0v) is 12.0. The number of primary amides is 1. The molecule has 0 radical (unpaired) electrons. The van der Waals surface area contributed by atoms with E-state index < -0.39 is 5.60 Å². The summed E-state index contributed by atoms with van der Waals surface area (Å²) >= 11 is 0. The zero-order chi connectivity index (χ0) is 14.2. The minimum Gasteiger partial charge on any atom is -0.459 e.